The highest BCUT2D eigenvalue weighted by molar-refractivity contribution is 6.40. The van der Waals surface area contributed by atoms with Crippen molar-refractivity contribution in [2.45, 2.75) is 12.8 Å². The van der Waals surface area contributed by atoms with Crippen LogP contribution in [-0.4, -0.2) is 5.34 Å². The van der Waals surface area contributed by atoms with E-state index in [2.05, 4.69) is 36.4 Å². The molecule has 0 amide bonds. The van der Waals surface area contributed by atoms with Crippen molar-refractivity contribution in [3.63, 3.8) is 0 Å². The fourth-order valence-electron chi connectivity index (χ4n) is 2.19. The Morgan fingerprint density at radius 3 is 1.80 bits per heavy atom. The Bertz CT molecular complexity index is 424. The minimum Gasteiger partial charge on any atom is -0.109 e. The second-order valence-corrected chi connectivity index (χ2v) is 4.34. The van der Waals surface area contributed by atoms with Crippen molar-refractivity contribution in [1.29, 1.82) is 0 Å². The second kappa shape index (κ2) is 4.87. The van der Waals surface area contributed by atoms with Crippen LogP contribution in [0.15, 0.2) is 36.4 Å². The molecule has 0 heterocycles. The summed E-state index contributed by atoms with van der Waals surface area (Å²) in [5.41, 5.74) is 3.06. The van der Waals surface area contributed by atoms with Crippen molar-refractivity contribution in [3.05, 3.63) is 47.5 Å². The molecule has 2 aromatic rings. The maximum Gasteiger partial charge on any atom is 0.0967 e. The van der Waals surface area contributed by atoms with Gasteiger partial charge >= 0.3 is 0 Å². The first-order valence-electron chi connectivity index (χ1n) is 4.98. The third-order valence-corrected chi connectivity index (χ3v) is 2.74. The van der Waals surface area contributed by atoms with Gasteiger partial charge in [0.05, 0.1) is 5.34 Å². The molecule has 78 valence electrons. The largest absolute Gasteiger partial charge is 0.109 e. The van der Waals surface area contributed by atoms with Gasteiger partial charge in [-0.25, -0.2) is 0 Å². The summed E-state index contributed by atoms with van der Waals surface area (Å²) in [6, 6.07) is 13.2. The van der Waals surface area contributed by atoms with Gasteiger partial charge in [-0.2, -0.15) is 0 Å². The molecule has 0 bridgehead atoms. The van der Waals surface area contributed by atoms with E-state index >= 15 is 0 Å². The molecule has 1 aliphatic carbocycles. The summed E-state index contributed by atoms with van der Waals surface area (Å²) in [7, 11) is 0. The van der Waals surface area contributed by atoms with E-state index < -0.39 is 0 Å². The Labute approximate surface area is 99.8 Å². The Morgan fingerprint density at radius 2 is 1.33 bits per heavy atom. The molecule has 1 aliphatic rings. The molecule has 0 aliphatic heterocycles. The molecule has 0 nitrogen and oxygen atoms in total. The van der Waals surface area contributed by atoms with Gasteiger partial charge in [-0.1, -0.05) is 36.4 Å². The lowest BCUT2D eigenvalue weighted by Gasteiger charge is -1.99. The van der Waals surface area contributed by atoms with Gasteiger partial charge in [0.25, 0.3) is 0 Å². The monoisotopic (exact) mass is 238 g/mol. The summed E-state index contributed by atoms with van der Waals surface area (Å²) in [5, 5.41) is 3.11. The molecule has 2 heteroatoms. The topological polar surface area (TPSA) is 0 Å². The Morgan fingerprint density at radius 1 is 0.867 bits per heavy atom. The number of hydrogen-bond acceptors (Lipinski definition) is 0. The summed E-state index contributed by atoms with van der Waals surface area (Å²) >= 11 is 9.53. The van der Waals surface area contributed by atoms with Gasteiger partial charge in [0.1, 0.15) is 0 Å². The highest BCUT2D eigenvalue weighted by atomic mass is 35.5. The number of aryl methyl sites for hydroxylation is 2. The predicted octanol–water partition coefficient (Wildman–Crippen LogP) is 4.36. The number of benzene rings is 2. The molecule has 3 rings (SSSR count). The Balaban J connectivity index is 0.000000258. The van der Waals surface area contributed by atoms with Crippen LogP contribution < -0.4 is 0 Å². The molecule has 0 aromatic heterocycles. The molecule has 2 aromatic carbocycles. The molecule has 0 fully saturated rings. The van der Waals surface area contributed by atoms with E-state index in [0.717, 1.165) is 0 Å². The molecule has 0 spiro atoms. The maximum absolute atomic E-state index is 4.76. The van der Waals surface area contributed by atoms with Gasteiger partial charge in [0, 0.05) is 0 Å². The van der Waals surface area contributed by atoms with E-state index in [1.807, 2.05) is 0 Å². The van der Waals surface area contributed by atoms with Crippen LogP contribution in [0, 0.1) is 0 Å². The lowest BCUT2D eigenvalue weighted by Crippen LogP contribution is -1.76. The zero-order valence-electron chi connectivity index (χ0n) is 8.34. The lowest BCUT2D eigenvalue weighted by atomic mass is 10.1. The van der Waals surface area contributed by atoms with Gasteiger partial charge in [-0.3, -0.25) is 0 Å². The first-order valence-corrected chi connectivity index (χ1v) is 6.05. The SMILES string of the molecule is ClCCl.c1cc2c3c(cccc3c1)CC2. The third kappa shape index (κ3) is 2.11. The quantitative estimate of drug-likeness (QED) is 0.599. The molecule has 0 radical (unpaired) electrons. The van der Waals surface area contributed by atoms with Crippen molar-refractivity contribution >= 4 is 34.0 Å². The fraction of sp³-hybridized carbons (Fsp3) is 0.231. The Hall–Kier alpha value is -0.720. The van der Waals surface area contributed by atoms with Gasteiger partial charge in [0.2, 0.25) is 0 Å². The predicted molar refractivity (Wildman–Crippen MR) is 67.9 cm³/mol. The van der Waals surface area contributed by atoms with Crippen LogP contribution >= 0.6 is 23.2 Å². The average molecular weight is 239 g/mol. The van der Waals surface area contributed by atoms with Crippen LogP contribution in [0.1, 0.15) is 11.1 Å². The smallest absolute Gasteiger partial charge is 0.0967 e. The van der Waals surface area contributed by atoms with Crippen molar-refractivity contribution < 1.29 is 0 Å². The molecule has 0 saturated heterocycles. The van der Waals surface area contributed by atoms with Crippen molar-refractivity contribution in [2.24, 2.45) is 0 Å². The van der Waals surface area contributed by atoms with E-state index in [4.69, 9.17) is 23.2 Å². The molecule has 0 unspecified atom stereocenters. The summed E-state index contributed by atoms with van der Waals surface area (Å²) < 4.78 is 0. The molecular formula is C13H12Cl2. The van der Waals surface area contributed by atoms with Gasteiger partial charge < -0.3 is 0 Å². The van der Waals surface area contributed by atoms with E-state index in [-0.39, 0.29) is 5.34 Å². The van der Waals surface area contributed by atoms with Gasteiger partial charge in [-0.15, -0.1) is 23.2 Å². The molecule has 0 atom stereocenters. The van der Waals surface area contributed by atoms with E-state index in [1.165, 1.54) is 34.7 Å². The minimum atomic E-state index is 0.194. The average Bonchev–Trinajstić information content (AvgIpc) is 2.66. The van der Waals surface area contributed by atoms with E-state index in [1.54, 1.807) is 0 Å². The van der Waals surface area contributed by atoms with Crippen LogP contribution in [0.5, 0.6) is 0 Å². The summed E-state index contributed by atoms with van der Waals surface area (Å²) in [6.07, 6.45) is 2.47. The molecule has 0 N–H and O–H groups in total. The zero-order chi connectivity index (χ0) is 10.7. The second-order valence-electron chi connectivity index (χ2n) is 3.53. The normalized spacial score (nSPS) is 12.4. The summed E-state index contributed by atoms with van der Waals surface area (Å²) in [6.45, 7) is 0. The highest BCUT2D eigenvalue weighted by Gasteiger charge is 2.11. The van der Waals surface area contributed by atoms with Crippen LogP contribution in [0.25, 0.3) is 10.8 Å². The summed E-state index contributed by atoms with van der Waals surface area (Å²) in [4.78, 5) is 0. The first-order chi connectivity index (χ1) is 7.36. The van der Waals surface area contributed by atoms with Crippen molar-refractivity contribution in [3.8, 4) is 0 Å². The summed E-state index contributed by atoms with van der Waals surface area (Å²) in [5.74, 6) is 0. The van der Waals surface area contributed by atoms with Crippen LogP contribution in [0.3, 0.4) is 0 Å². The van der Waals surface area contributed by atoms with E-state index in [9.17, 15) is 0 Å². The fourth-order valence-corrected chi connectivity index (χ4v) is 2.19. The molecule has 15 heavy (non-hydrogen) atoms. The number of alkyl halides is 2. The molecular weight excluding hydrogens is 227 g/mol. The van der Waals surface area contributed by atoms with Crippen LogP contribution in [0.4, 0.5) is 0 Å². The molecule has 0 saturated carbocycles. The Kier molecular flexibility index (Phi) is 3.50. The van der Waals surface area contributed by atoms with Crippen LogP contribution in [-0.2, 0) is 12.8 Å². The standard InChI is InChI=1S/C12H10.CH2Cl2/c1-3-9-4-2-6-11-8-7-10(5-1)12(9)11;2-1-3/h1-6H,7-8H2;1H2. The minimum absolute atomic E-state index is 0.194. The first kappa shape index (κ1) is 10.8. The zero-order valence-corrected chi connectivity index (χ0v) is 9.85. The highest BCUT2D eigenvalue weighted by Crippen LogP contribution is 2.29. The lowest BCUT2D eigenvalue weighted by molar-refractivity contribution is 1.02. The van der Waals surface area contributed by atoms with Crippen LogP contribution in [0.2, 0.25) is 0 Å². The van der Waals surface area contributed by atoms with Gasteiger partial charge in [0.15, 0.2) is 0 Å². The number of halogens is 2. The third-order valence-electron chi connectivity index (χ3n) is 2.74. The number of rotatable bonds is 0. The maximum atomic E-state index is 4.76. The van der Waals surface area contributed by atoms with E-state index in [0.29, 0.717) is 0 Å². The van der Waals surface area contributed by atoms with Crippen molar-refractivity contribution in [2.75, 3.05) is 5.34 Å². The van der Waals surface area contributed by atoms with Gasteiger partial charge in [-0.05, 0) is 34.7 Å². The number of hydrogen-bond donors (Lipinski definition) is 0. The van der Waals surface area contributed by atoms with Crippen molar-refractivity contribution in [1.82, 2.24) is 0 Å².